The summed E-state index contributed by atoms with van der Waals surface area (Å²) >= 11 is 3.44. The van der Waals surface area contributed by atoms with Crippen LogP contribution in [0.1, 0.15) is 38.5 Å². The molecule has 22 heavy (non-hydrogen) atoms. The fourth-order valence-electron chi connectivity index (χ4n) is 2.79. The summed E-state index contributed by atoms with van der Waals surface area (Å²) < 4.78 is 1.06. The standard InChI is InChI=1S/C17H21BrN4/c18-13-7-9-15(10-8-13)21-17-19-12-11-16(22-17)20-14-5-3-1-2-4-6-14/h7-12,14H,1-6H2,(H2,19,20,21,22). The van der Waals surface area contributed by atoms with Crippen LogP contribution in [0.3, 0.4) is 0 Å². The number of rotatable bonds is 4. The van der Waals surface area contributed by atoms with Crippen molar-refractivity contribution in [1.29, 1.82) is 0 Å². The molecule has 3 rings (SSSR count). The highest BCUT2D eigenvalue weighted by Gasteiger charge is 2.12. The molecular weight excluding hydrogens is 340 g/mol. The van der Waals surface area contributed by atoms with Crippen molar-refractivity contribution in [3.8, 4) is 0 Å². The van der Waals surface area contributed by atoms with Gasteiger partial charge in [0.25, 0.3) is 0 Å². The molecule has 1 aromatic carbocycles. The van der Waals surface area contributed by atoms with Gasteiger partial charge in [-0.2, -0.15) is 4.98 Å². The molecule has 1 fully saturated rings. The summed E-state index contributed by atoms with van der Waals surface area (Å²) in [5.41, 5.74) is 0.981. The molecule has 0 atom stereocenters. The van der Waals surface area contributed by atoms with Gasteiger partial charge in [-0.15, -0.1) is 0 Å². The molecule has 1 aliphatic rings. The SMILES string of the molecule is Brc1ccc(Nc2nccc(NC3CCCCCC3)n2)cc1. The van der Waals surface area contributed by atoms with Gasteiger partial charge in [0.2, 0.25) is 5.95 Å². The topological polar surface area (TPSA) is 49.8 Å². The van der Waals surface area contributed by atoms with Gasteiger partial charge in [-0.3, -0.25) is 0 Å². The van der Waals surface area contributed by atoms with Crippen LogP contribution >= 0.6 is 15.9 Å². The summed E-state index contributed by atoms with van der Waals surface area (Å²) in [6, 6.07) is 10.5. The minimum atomic E-state index is 0.540. The zero-order valence-electron chi connectivity index (χ0n) is 12.6. The fourth-order valence-corrected chi connectivity index (χ4v) is 3.06. The largest absolute Gasteiger partial charge is 0.367 e. The van der Waals surface area contributed by atoms with E-state index in [2.05, 4.69) is 36.5 Å². The number of anilines is 3. The molecule has 0 bridgehead atoms. The van der Waals surface area contributed by atoms with E-state index in [9.17, 15) is 0 Å². The van der Waals surface area contributed by atoms with Gasteiger partial charge in [0, 0.05) is 22.4 Å². The predicted molar refractivity (Wildman–Crippen MR) is 94.6 cm³/mol. The van der Waals surface area contributed by atoms with Crippen molar-refractivity contribution in [3.05, 3.63) is 41.0 Å². The Labute approximate surface area is 139 Å². The van der Waals surface area contributed by atoms with Crippen LogP contribution in [0.4, 0.5) is 17.5 Å². The summed E-state index contributed by atoms with van der Waals surface area (Å²) in [6.45, 7) is 0. The highest BCUT2D eigenvalue weighted by molar-refractivity contribution is 9.10. The molecule has 5 heteroatoms. The second kappa shape index (κ2) is 7.58. The molecule has 0 saturated heterocycles. The summed E-state index contributed by atoms with van der Waals surface area (Å²) in [6.07, 6.45) is 9.61. The van der Waals surface area contributed by atoms with Gasteiger partial charge in [-0.1, -0.05) is 41.6 Å². The van der Waals surface area contributed by atoms with Crippen LogP contribution in [0.2, 0.25) is 0 Å². The van der Waals surface area contributed by atoms with Crippen LogP contribution in [0.15, 0.2) is 41.0 Å². The van der Waals surface area contributed by atoms with E-state index >= 15 is 0 Å². The smallest absolute Gasteiger partial charge is 0.229 e. The highest BCUT2D eigenvalue weighted by atomic mass is 79.9. The molecule has 2 aromatic rings. The second-order valence-corrected chi connectivity index (χ2v) is 6.65. The van der Waals surface area contributed by atoms with E-state index in [0.717, 1.165) is 16.0 Å². The number of nitrogens with zero attached hydrogens (tertiary/aromatic N) is 2. The number of aromatic nitrogens is 2. The molecule has 116 valence electrons. The molecule has 1 aliphatic carbocycles. The molecule has 4 nitrogen and oxygen atoms in total. The second-order valence-electron chi connectivity index (χ2n) is 5.73. The minimum absolute atomic E-state index is 0.540. The maximum absolute atomic E-state index is 4.57. The van der Waals surface area contributed by atoms with Gasteiger partial charge < -0.3 is 10.6 Å². The van der Waals surface area contributed by atoms with Crippen molar-refractivity contribution >= 4 is 33.4 Å². The fraction of sp³-hybridized carbons (Fsp3) is 0.412. The zero-order chi connectivity index (χ0) is 15.2. The quantitative estimate of drug-likeness (QED) is 0.743. The van der Waals surface area contributed by atoms with Crippen molar-refractivity contribution in [1.82, 2.24) is 9.97 Å². The van der Waals surface area contributed by atoms with Crippen molar-refractivity contribution < 1.29 is 0 Å². The summed E-state index contributed by atoms with van der Waals surface area (Å²) in [5.74, 6) is 1.53. The lowest BCUT2D eigenvalue weighted by Gasteiger charge is -2.17. The van der Waals surface area contributed by atoms with Crippen LogP contribution < -0.4 is 10.6 Å². The zero-order valence-corrected chi connectivity index (χ0v) is 14.1. The minimum Gasteiger partial charge on any atom is -0.367 e. The van der Waals surface area contributed by atoms with E-state index in [1.165, 1.54) is 38.5 Å². The molecule has 1 heterocycles. The van der Waals surface area contributed by atoms with Crippen molar-refractivity contribution in [2.45, 2.75) is 44.6 Å². The van der Waals surface area contributed by atoms with Gasteiger partial charge in [0.1, 0.15) is 5.82 Å². The van der Waals surface area contributed by atoms with Crippen LogP contribution in [0, 0.1) is 0 Å². The van der Waals surface area contributed by atoms with Gasteiger partial charge in [-0.05, 0) is 43.2 Å². The summed E-state index contributed by atoms with van der Waals surface area (Å²) in [4.78, 5) is 8.86. The molecule has 1 aromatic heterocycles. The first-order valence-electron chi connectivity index (χ1n) is 7.92. The monoisotopic (exact) mass is 360 g/mol. The Kier molecular flexibility index (Phi) is 5.27. The first-order chi connectivity index (χ1) is 10.8. The number of halogens is 1. The Morgan fingerprint density at radius 2 is 1.68 bits per heavy atom. The van der Waals surface area contributed by atoms with Gasteiger partial charge >= 0.3 is 0 Å². The maximum atomic E-state index is 4.57. The van der Waals surface area contributed by atoms with E-state index in [1.807, 2.05) is 30.3 Å². The number of hydrogen-bond donors (Lipinski definition) is 2. The highest BCUT2D eigenvalue weighted by Crippen LogP contribution is 2.21. The third-order valence-corrected chi connectivity index (χ3v) is 4.49. The van der Waals surface area contributed by atoms with E-state index in [-0.39, 0.29) is 0 Å². The average molecular weight is 361 g/mol. The normalized spacial score (nSPS) is 16.0. The molecule has 0 spiro atoms. The number of nitrogens with one attached hydrogen (secondary N) is 2. The Bertz CT molecular complexity index is 592. The molecule has 0 radical (unpaired) electrons. The summed E-state index contributed by atoms with van der Waals surface area (Å²) in [7, 11) is 0. The van der Waals surface area contributed by atoms with Crippen molar-refractivity contribution in [2.24, 2.45) is 0 Å². The average Bonchev–Trinajstić information content (AvgIpc) is 2.79. The van der Waals surface area contributed by atoms with Crippen LogP contribution in [0.25, 0.3) is 0 Å². The van der Waals surface area contributed by atoms with Crippen LogP contribution in [-0.4, -0.2) is 16.0 Å². The molecule has 0 aliphatic heterocycles. The predicted octanol–water partition coefficient (Wildman–Crippen LogP) is 5.12. The first kappa shape index (κ1) is 15.3. The third kappa shape index (κ3) is 4.44. The molecule has 0 unspecified atom stereocenters. The Morgan fingerprint density at radius 1 is 0.955 bits per heavy atom. The van der Waals surface area contributed by atoms with Gasteiger partial charge in [-0.25, -0.2) is 4.98 Å². The molecule has 1 saturated carbocycles. The van der Waals surface area contributed by atoms with E-state index in [0.29, 0.717) is 12.0 Å². The van der Waals surface area contributed by atoms with Crippen LogP contribution in [0.5, 0.6) is 0 Å². The molecular formula is C17H21BrN4. The Hall–Kier alpha value is -1.62. The summed E-state index contributed by atoms with van der Waals surface area (Å²) in [5, 5.41) is 6.80. The first-order valence-corrected chi connectivity index (χ1v) is 8.71. The Balaban J connectivity index is 1.65. The lowest BCUT2D eigenvalue weighted by Crippen LogP contribution is -2.19. The number of benzene rings is 1. The molecule has 2 N–H and O–H groups in total. The molecule has 0 amide bonds. The van der Waals surface area contributed by atoms with E-state index in [4.69, 9.17) is 0 Å². The maximum Gasteiger partial charge on any atom is 0.229 e. The van der Waals surface area contributed by atoms with E-state index in [1.54, 1.807) is 6.20 Å². The van der Waals surface area contributed by atoms with Gasteiger partial charge in [0.05, 0.1) is 0 Å². The van der Waals surface area contributed by atoms with Crippen molar-refractivity contribution in [2.75, 3.05) is 10.6 Å². The lowest BCUT2D eigenvalue weighted by atomic mass is 10.1. The van der Waals surface area contributed by atoms with Gasteiger partial charge in [0.15, 0.2) is 0 Å². The third-order valence-electron chi connectivity index (χ3n) is 3.96. The number of hydrogen-bond acceptors (Lipinski definition) is 4. The van der Waals surface area contributed by atoms with E-state index < -0.39 is 0 Å². The van der Waals surface area contributed by atoms with Crippen molar-refractivity contribution in [3.63, 3.8) is 0 Å². The lowest BCUT2D eigenvalue weighted by molar-refractivity contribution is 0.617. The van der Waals surface area contributed by atoms with Crippen LogP contribution in [-0.2, 0) is 0 Å². The Morgan fingerprint density at radius 3 is 2.41 bits per heavy atom.